The van der Waals surface area contributed by atoms with Gasteiger partial charge in [0.25, 0.3) is 5.91 Å². The van der Waals surface area contributed by atoms with Crippen molar-refractivity contribution in [1.29, 1.82) is 0 Å². The first kappa shape index (κ1) is 17.8. The van der Waals surface area contributed by atoms with Crippen LogP contribution in [0.5, 0.6) is 5.75 Å². The average molecular weight is 334 g/mol. The van der Waals surface area contributed by atoms with Crippen LogP contribution in [-0.2, 0) is 14.3 Å². The van der Waals surface area contributed by atoms with Gasteiger partial charge in [-0.2, -0.15) is 0 Å². The number of piperazine rings is 1. The summed E-state index contributed by atoms with van der Waals surface area (Å²) in [5, 5.41) is 0. The largest absolute Gasteiger partial charge is 0.497 e. The molecule has 0 bridgehead atoms. The molecule has 0 aliphatic carbocycles. The minimum Gasteiger partial charge on any atom is -0.497 e. The summed E-state index contributed by atoms with van der Waals surface area (Å²) in [6.45, 7) is 4.96. The van der Waals surface area contributed by atoms with Crippen molar-refractivity contribution in [3.63, 3.8) is 0 Å². The molecule has 1 aliphatic heterocycles. The first-order chi connectivity index (χ1) is 11.4. The van der Waals surface area contributed by atoms with Crippen molar-refractivity contribution in [2.75, 3.05) is 33.3 Å². The molecular weight excluding hydrogens is 312 g/mol. The Bertz CT molecular complexity index is 606. The van der Waals surface area contributed by atoms with Gasteiger partial charge in [-0.05, 0) is 31.2 Å². The van der Waals surface area contributed by atoms with E-state index in [1.165, 1.54) is 6.92 Å². The van der Waals surface area contributed by atoms with E-state index in [2.05, 4.69) is 0 Å². The molecule has 0 aromatic heterocycles. The van der Waals surface area contributed by atoms with E-state index in [4.69, 9.17) is 9.47 Å². The Balaban J connectivity index is 1.89. The molecule has 0 radical (unpaired) electrons. The lowest BCUT2D eigenvalue weighted by Gasteiger charge is -2.35. The van der Waals surface area contributed by atoms with E-state index in [-0.39, 0.29) is 11.8 Å². The molecule has 0 saturated carbocycles. The predicted octanol–water partition coefficient (Wildman–Crippen LogP) is 0.931. The Morgan fingerprint density at radius 1 is 1.00 bits per heavy atom. The molecule has 7 nitrogen and oxygen atoms in total. The lowest BCUT2D eigenvalue weighted by Crippen LogP contribution is -2.52. The lowest BCUT2D eigenvalue weighted by atomic mass is 10.2. The summed E-state index contributed by atoms with van der Waals surface area (Å²) >= 11 is 0. The molecule has 1 aliphatic rings. The zero-order valence-corrected chi connectivity index (χ0v) is 14.2. The standard InChI is InChI=1S/C17H22N2O5/c1-12(16(21)19-10-8-18(9-11-19)13(2)20)24-17(22)14-4-6-15(23-3)7-5-14/h4-7,12H,8-11H2,1-3H3/t12-/m0/s1. The maximum Gasteiger partial charge on any atom is 0.338 e. The number of methoxy groups -OCH3 is 1. The summed E-state index contributed by atoms with van der Waals surface area (Å²) in [6.07, 6.45) is -0.872. The van der Waals surface area contributed by atoms with Crippen molar-refractivity contribution in [3.8, 4) is 5.75 Å². The van der Waals surface area contributed by atoms with Gasteiger partial charge in [0.05, 0.1) is 12.7 Å². The zero-order chi connectivity index (χ0) is 17.7. The Labute approximate surface area is 141 Å². The third-order valence-corrected chi connectivity index (χ3v) is 3.99. The highest BCUT2D eigenvalue weighted by molar-refractivity contribution is 5.92. The van der Waals surface area contributed by atoms with E-state index in [0.717, 1.165) is 0 Å². The molecule has 1 heterocycles. The molecule has 24 heavy (non-hydrogen) atoms. The van der Waals surface area contributed by atoms with E-state index in [9.17, 15) is 14.4 Å². The summed E-state index contributed by atoms with van der Waals surface area (Å²) < 4.78 is 10.3. The van der Waals surface area contributed by atoms with Crippen molar-refractivity contribution < 1.29 is 23.9 Å². The summed E-state index contributed by atoms with van der Waals surface area (Å²) in [5.41, 5.74) is 0.358. The molecule has 1 aromatic carbocycles. The van der Waals surface area contributed by atoms with Gasteiger partial charge in [0.15, 0.2) is 6.10 Å². The maximum atomic E-state index is 12.4. The number of rotatable bonds is 4. The zero-order valence-electron chi connectivity index (χ0n) is 14.2. The van der Waals surface area contributed by atoms with Gasteiger partial charge in [0, 0.05) is 33.1 Å². The minimum atomic E-state index is -0.872. The van der Waals surface area contributed by atoms with Gasteiger partial charge in [0.2, 0.25) is 5.91 Å². The SMILES string of the molecule is COc1ccc(C(=O)O[C@@H](C)C(=O)N2CCN(C(C)=O)CC2)cc1. The fourth-order valence-electron chi connectivity index (χ4n) is 2.50. The van der Waals surface area contributed by atoms with Gasteiger partial charge in [-0.15, -0.1) is 0 Å². The molecule has 1 saturated heterocycles. The number of nitrogens with zero attached hydrogens (tertiary/aromatic N) is 2. The molecule has 0 spiro atoms. The number of carbonyl (C=O) groups excluding carboxylic acids is 3. The van der Waals surface area contributed by atoms with Crippen molar-refractivity contribution in [2.24, 2.45) is 0 Å². The summed E-state index contributed by atoms with van der Waals surface area (Å²) in [4.78, 5) is 39.1. The second-order valence-corrected chi connectivity index (χ2v) is 5.61. The number of benzene rings is 1. The summed E-state index contributed by atoms with van der Waals surface area (Å²) in [6, 6.07) is 6.49. The van der Waals surface area contributed by atoms with E-state index in [1.54, 1.807) is 48.1 Å². The molecular formula is C17H22N2O5. The Kier molecular flexibility index (Phi) is 5.78. The molecule has 2 rings (SSSR count). The van der Waals surface area contributed by atoms with Crippen LogP contribution in [0.3, 0.4) is 0 Å². The van der Waals surface area contributed by atoms with Crippen molar-refractivity contribution in [3.05, 3.63) is 29.8 Å². The van der Waals surface area contributed by atoms with Gasteiger partial charge in [-0.3, -0.25) is 9.59 Å². The normalized spacial score (nSPS) is 15.6. The number of carbonyl (C=O) groups is 3. The monoisotopic (exact) mass is 334 g/mol. The summed E-state index contributed by atoms with van der Waals surface area (Å²) in [5.74, 6) is -0.166. The molecule has 1 atom stereocenters. The molecule has 0 N–H and O–H groups in total. The smallest absolute Gasteiger partial charge is 0.338 e. The molecule has 1 aromatic rings. The molecule has 130 valence electrons. The van der Waals surface area contributed by atoms with Crippen LogP contribution in [0, 0.1) is 0 Å². The van der Waals surface area contributed by atoms with Crippen LogP contribution in [0.15, 0.2) is 24.3 Å². The van der Waals surface area contributed by atoms with Gasteiger partial charge >= 0.3 is 5.97 Å². The number of ether oxygens (including phenoxy) is 2. The quantitative estimate of drug-likeness (QED) is 0.766. The second kappa shape index (κ2) is 7.81. The summed E-state index contributed by atoms with van der Waals surface area (Å²) in [7, 11) is 1.54. The van der Waals surface area contributed by atoms with E-state index >= 15 is 0 Å². The highest BCUT2D eigenvalue weighted by Gasteiger charge is 2.28. The van der Waals surface area contributed by atoms with Crippen LogP contribution >= 0.6 is 0 Å². The number of amides is 2. The van der Waals surface area contributed by atoms with E-state index in [0.29, 0.717) is 37.5 Å². The predicted molar refractivity (Wildman–Crippen MR) is 86.7 cm³/mol. The molecule has 7 heteroatoms. The van der Waals surface area contributed by atoms with Gasteiger partial charge in [-0.25, -0.2) is 4.79 Å². The highest BCUT2D eigenvalue weighted by atomic mass is 16.5. The third-order valence-electron chi connectivity index (χ3n) is 3.99. The van der Waals surface area contributed by atoms with Crippen LogP contribution in [0.4, 0.5) is 0 Å². The van der Waals surface area contributed by atoms with Crippen LogP contribution in [0.2, 0.25) is 0 Å². The third kappa shape index (κ3) is 4.24. The lowest BCUT2D eigenvalue weighted by molar-refractivity contribution is -0.144. The first-order valence-electron chi connectivity index (χ1n) is 7.81. The van der Waals surface area contributed by atoms with Gasteiger partial charge in [0.1, 0.15) is 5.75 Å². The van der Waals surface area contributed by atoms with Crippen LogP contribution in [0.1, 0.15) is 24.2 Å². The van der Waals surface area contributed by atoms with E-state index < -0.39 is 12.1 Å². The fourth-order valence-corrected chi connectivity index (χ4v) is 2.50. The van der Waals surface area contributed by atoms with Crippen LogP contribution in [-0.4, -0.2) is 67.0 Å². The highest BCUT2D eigenvalue weighted by Crippen LogP contribution is 2.13. The Morgan fingerprint density at radius 3 is 2.04 bits per heavy atom. The number of hydrogen-bond acceptors (Lipinski definition) is 5. The minimum absolute atomic E-state index is 0.00100. The Morgan fingerprint density at radius 2 is 1.54 bits per heavy atom. The van der Waals surface area contributed by atoms with Crippen molar-refractivity contribution in [2.45, 2.75) is 20.0 Å². The topological polar surface area (TPSA) is 76.2 Å². The first-order valence-corrected chi connectivity index (χ1v) is 7.81. The van der Waals surface area contributed by atoms with E-state index in [1.807, 2.05) is 0 Å². The Hall–Kier alpha value is -2.57. The molecule has 1 fully saturated rings. The number of hydrogen-bond donors (Lipinski definition) is 0. The maximum absolute atomic E-state index is 12.4. The average Bonchev–Trinajstić information content (AvgIpc) is 2.61. The molecule has 0 unspecified atom stereocenters. The van der Waals surface area contributed by atoms with Crippen LogP contribution in [0.25, 0.3) is 0 Å². The fraction of sp³-hybridized carbons (Fsp3) is 0.471. The second-order valence-electron chi connectivity index (χ2n) is 5.61. The van der Waals surface area contributed by atoms with Crippen molar-refractivity contribution >= 4 is 17.8 Å². The van der Waals surface area contributed by atoms with Gasteiger partial charge in [-0.1, -0.05) is 0 Å². The van der Waals surface area contributed by atoms with Crippen LogP contribution < -0.4 is 4.74 Å². The number of esters is 1. The van der Waals surface area contributed by atoms with Gasteiger partial charge < -0.3 is 19.3 Å². The molecule has 2 amide bonds. The van der Waals surface area contributed by atoms with Crippen molar-refractivity contribution in [1.82, 2.24) is 9.80 Å².